The molecule has 176 valence electrons. The lowest BCUT2D eigenvalue weighted by atomic mass is 10.0. The molecule has 1 amide bonds. The van der Waals surface area contributed by atoms with Gasteiger partial charge in [-0.05, 0) is 60.9 Å². The van der Waals surface area contributed by atoms with Crippen LogP contribution in [-0.4, -0.2) is 48.7 Å². The fourth-order valence-electron chi connectivity index (χ4n) is 4.69. The molecule has 0 radical (unpaired) electrons. The lowest BCUT2D eigenvalue weighted by Crippen LogP contribution is -2.36. The van der Waals surface area contributed by atoms with Crippen molar-refractivity contribution in [3.63, 3.8) is 0 Å². The van der Waals surface area contributed by atoms with E-state index in [-0.39, 0.29) is 5.91 Å². The van der Waals surface area contributed by atoms with Crippen LogP contribution in [0, 0.1) is 5.92 Å². The van der Waals surface area contributed by atoms with Gasteiger partial charge in [0.25, 0.3) is 0 Å². The molecule has 4 rings (SSSR count). The van der Waals surface area contributed by atoms with E-state index < -0.39 is 0 Å². The van der Waals surface area contributed by atoms with Crippen LogP contribution in [0.15, 0.2) is 48.7 Å². The molecule has 1 fully saturated rings. The van der Waals surface area contributed by atoms with Gasteiger partial charge in [-0.1, -0.05) is 26.0 Å². The van der Waals surface area contributed by atoms with Gasteiger partial charge in [0, 0.05) is 48.5 Å². The van der Waals surface area contributed by atoms with Crippen molar-refractivity contribution in [2.24, 2.45) is 11.7 Å². The number of rotatable bonds is 9. The lowest BCUT2D eigenvalue weighted by molar-refractivity contribution is 0.100. The summed E-state index contributed by atoms with van der Waals surface area (Å²) < 4.78 is 14.0. The Morgan fingerprint density at radius 2 is 1.88 bits per heavy atom. The van der Waals surface area contributed by atoms with Gasteiger partial charge in [-0.15, -0.1) is 0 Å². The molecule has 1 aliphatic rings. The largest absolute Gasteiger partial charge is 0.496 e. The normalized spacial score (nSPS) is 15.3. The topological polar surface area (TPSA) is 69.7 Å². The monoisotopic (exact) mass is 449 g/mol. The molecule has 0 saturated carbocycles. The first-order valence-electron chi connectivity index (χ1n) is 11.9. The van der Waals surface area contributed by atoms with E-state index in [1.807, 2.05) is 30.3 Å². The van der Waals surface area contributed by atoms with Crippen molar-refractivity contribution in [2.75, 3.05) is 33.4 Å². The smallest absolute Gasteiger partial charge is 0.248 e. The Bertz CT molecular complexity index is 1100. The van der Waals surface area contributed by atoms with Crippen molar-refractivity contribution < 1.29 is 14.3 Å². The van der Waals surface area contributed by atoms with Crippen LogP contribution < -0.4 is 15.2 Å². The molecule has 2 heterocycles. The molecule has 2 aromatic carbocycles. The second-order valence-electron chi connectivity index (χ2n) is 9.33. The number of aromatic nitrogens is 1. The van der Waals surface area contributed by atoms with Crippen LogP contribution in [0.25, 0.3) is 10.9 Å². The first kappa shape index (κ1) is 23.2. The molecular weight excluding hydrogens is 414 g/mol. The zero-order valence-electron chi connectivity index (χ0n) is 19.9. The molecule has 0 unspecified atom stereocenters. The molecule has 6 heteroatoms. The van der Waals surface area contributed by atoms with Crippen LogP contribution in [0.2, 0.25) is 0 Å². The average Bonchev–Trinajstić information content (AvgIpc) is 3.25. The second kappa shape index (κ2) is 10.3. The van der Waals surface area contributed by atoms with E-state index >= 15 is 0 Å². The lowest BCUT2D eigenvalue weighted by Gasteiger charge is -2.33. The number of likely N-dealkylation sites (tertiary alicyclic amines) is 1. The fourth-order valence-corrected chi connectivity index (χ4v) is 4.69. The predicted octanol–water partition coefficient (Wildman–Crippen LogP) is 4.66. The molecule has 0 atom stereocenters. The Morgan fingerprint density at radius 3 is 2.58 bits per heavy atom. The van der Waals surface area contributed by atoms with Crippen molar-refractivity contribution >= 4 is 16.8 Å². The minimum atomic E-state index is -0.382. The number of amides is 1. The van der Waals surface area contributed by atoms with Crippen LogP contribution in [0.5, 0.6) is 11.5 Å². The molecule has 0 aliphatic carbocycles. The van der Waals surface area contributed by atoms with Crippen LogP contribution in [0.4, 0.5) is 0 Å². The zero-order valence-corrected chi connectivity index (χ0v) is 19.9. The van der Waals surface area contributed by atoms with Gasteiger partial charge < -0.3 is 24.7 Å². The summed E-state index contributed by atoms with van der Waals surface area (Å²) >= 11 is 0. The number of benzene rings is 2. The minimum absolute atomic E-state index is 0.382. The summed E-state index contributed by atoms with van der Waals surface area (Å²) in [5.41, 5.74) is 8.30. The van der Waals surface area contributed by atoms with E-state index in [2.05, 4.69) is 35.6 Å². The number of fused-ring (bicyclic) bond motifs is 1. The van der Waals surface area contributed by atoms with E-state index in [0.29, 0.717) is 24.1 Å². The van der Waals surface area contributed by atoms with E-state index in [0.717, 1.165) is 66.9 Å². The number of primary amides is 1. The van der Waals surface area contributed by atoms with Crippen molar-refractivity contribution in [3.8, 4) is 11.5 Å². The Morgan fingerprint density at radius 1 is 1.12 bits per heavy atom. The minimum Gasteiger partial charge on any atom is -0.496 e. The number of nitrogens with two attached hydrogens (primary N) is 1. The standard InChI is InChI=1S/C27H35N3O3/c1-19(2)18-33-26-6-4-5-25(32-3)23(26)12-15-29-13-10-22(11-14-29)30-16-9-20-7-8-21(27(28)31)17-24(20)30/h4-9,16-17,19,22H,10-15,18H2,1-3H3,(H2,28,31). The Hall–Kier alpha value is -2.99. The fraction of sp³-hybridized carbons (Fsp3) is 0.444. The number of methoxy groups -OCH3 is 1. The number of hydrogen-bond acceptors (Lipinski definition) is 4. The van der Waals surface area contributed by atoms with E-state index in [1.165, 1.54) is 0 Å². The molecule has 2 N–H and O–H groups in total. The van der Waals surface area contributed by atoms with E-state index in [4.69, 9.17) is 15.2 Å². The number of piperidine rings is 1. The highest BCUT2D eigenvalue weighted by molar-refractivity contribution is 5.97. The highest BCUT2D eigenvalue weighted by Gasteiger charge is 2.22. The summed E-state index contributed by atoms with van der Waals surface area (Å²) in [5.74, 6) is 1.93. The van der Waals surface area contributed by atoms with Crippen LogP contribution in [0.1, 0.15) is 48.7 Å². The summed E-state index contributed by atoms with van der Waals surface area (Å²) in [7, 11) is 1.72. The summed E-state index contributed by atoms with van der Waals surface area (Å²) in [6, 6.07) is 14.3. The summed E-state index contributed by atoms with van der Waals surface area (Å²) in [5, 5.41) is 1.15. The van der Waals surface area contributed by atoms with E-state index in [9.17, 15) is 4.79 Å². The van der Waals surface area contributed by atoms with Gasteiger partial charge in [-0.2, -0.15) is 0 Å². The number of carbonyl (C=O) groups is 1. The third-order valence-corrected chi connectivity index (χ3v) is 6.52. The van der Waals surface area contributed by atoms with E-state index in [1.54, 1.807) is 13.2 Å². The summed E-state index contributed by atoms with van der Waals surface area (Å²) in [6.45, 7) is 8.07. The van der Waals surface area contributed by atoms with Gasteiger partial charge in [0.1, 0.15) is 11.5 Å². The maximum atomic E-state index is 11.6. The van der Waals surface area contributed by atoms with Crippen LogP contribution in [-0.2, 0) is 6.42 Å². The van der Waals surface area contributed by atoms with Crippen molar-refractivity contribution in [3.05, 3.63) is 59.8 Å². The highest BCUT2D eigenvalue weighted by atomic mass is 16.5. The quantitative estimate of drug-likeness (QED) is 0.516. The van der Waals surface area contributed by atoms with Crippen molar-refractivity contribution in [1.82, 2.24) is 9.47 Å². The molecule has 1 aromatic heterocycles. The molecule has 33 heavy (non-hydrogen) atoms. The number of nitrogens with zero attached hydrogens (tertiary/aromatic N) is 2. The van der Waals surface area contributed by atoms with Crippen molar-refractivity contribution in [2.45, 2.75) is 39.2 Å². The Labute approximate surface area is 196 Å². The third-order valence-electron chi connectivity index (χ3n) is 6.52. The molecule has 3 aromatic rings. The van der Waals surface area contributed by atoms with Crippen LogP contribution in [0.3, 0.4) is 0 Å². The summed E-state index contributed by atoms with van der Waals surface area (Å²) in [6.07, 6.45) is 5.19. The Kier molecular flexibility index (Phi) is 7.23. The molecule has 6 nitrogen and oxygen atoms in total. The molecule has 0 bridgehead atoms. The first-order chi connectivity index (χ1) is 16.0. The zero-order chi connectivity index (χ0) is 23.4. The van der Waals surface area contributed by atoms with Crippen LogP contribution >= 0.6 is 0 Å². The first-order valence-corrected chi connectivity index (χ1v) is 11.9. The van der Waals surface area contributed by atoms with Gasteiger partial charge in [0.2, 0.25) is 5.91 Å². The van der Waals surface area contributed by atoms with Gasteiger partial charge in [0.05, 0.1) is 13.7 Å². The molecular formula is C27H35N3O3. The van der Waals surface area contributed by atoms with Gasteiger partial charge in [-0.25, -0.2) is 0 Å². The molecule has 0 spiro atoms. The third kappa shape index (κ3) is 5.33. The Balaban J connectivity index is 1.39. The average molecular weight is 450 g/mol. The maximum Gasteiger partial charge on any atom is 0.248 e. The van der Waals surface area contributed by atoms with Gasteiger partial charge in [-0.3, -0.25) is 4.79 Å². The second-order valence-corrected chi connectivity index (χ2v) is 9.33. The van der Waals surface area contributed by atoms with Gasteiger partial charge in [0.15, 0.2) is 0 Å². The molecule has 1 aliphatic heterocycles. The van der Waals surface area contributed by atoms with Crippen molar-refractivity contribution in [1.29, 1.82) is 0 Å². The number of ether oxygens (including phenoxy) is 2. The van der Waals surface area contributed by atoms with Gasteiger partial charge >= 0.3 is 0 Å². The maximum absolute atomic E-state index is 11.6. The number of hydrogen-bond donors (Lipinski definition) is 1. The number of carbonyl (C=O) groups excluding carboxylic acids is 1. The predicted molar refractivity (Wildman–Crippen MR) is 132 cm³/mol. The molecule has 1 saturated heterocycles. The summed E-state index contributed by atoms with van der Waals surface area (Å²) in [4.78, 5) is 14.1. The SMILES string of the molecule is COc1cccc(OCC(C)C)c1CCN1CCC(n2ccc3ccc(C(N)=O)cc32)CC1. The highest BCUT2D eigenvalue weighted by Crippen LogP contribution is 2.31.